The van der Waals surface area contributed by atoms with Gasteiger partial charge in [-0.2, -0.15) is 14.7 Å². The van der Waals surface area contributed by atoms with E-state index in [1.54, 1.807) is 13.1 Å². The van der Waals surface area contributed by atoms with Gasteiger partial charge in [0.15, 0.2) is 5.65 Å². The van der Waals surface area contributed by atoms with Gasteiger partial charge in [0.05, 0.1) is 23.1 Å². The number of aromatic nitrogens is 5. The minimum Gasteiger partial charge on any atom is -0.365 e. The number of primary amides is 1. The second kappa shape index (κ2) is 5.30. The Kier molecular flexibility index (Phi) is 3.21. The number of fused-ring (bicyclic) bond motifs is 2. The van der Waals surface area contributed by atoms with Gasteiger partial charge in [0.25, 0.3) is 11.5 Å². The SMILES string of the molecule is CCn1ncc2cc(-c3cc(=O)n4nc(C)c(C(N)=O)c4[nH]3)ccc21. The Labute approximate surface area is 141 Å². The predicted molar refractivity (Wildman–Crippen MR) is 93.5 cm³/mol. The first kappa shape index (κ1) is 15.1. The van der Waals surface area contributed by atoms with Gasteiger partial charge < -0.3 is 10.7 Å². The predicted octanol–water partition coefficient (Wildman–Crippen LogP) is 1.47. The van der Waals surface area contributed by atoms with E-state index < -0.39 is 5.91 Å². The molecule has 1 aromatic carbocycles. The lowest BCUT2D eigenvalue weighted by Gasteiger charge is -2.05. The number of nitrogens with zero attached hydrogens (tertiary/aromatic N) is 4. The number of aromatic amines is 1. The van der Waals surface area contributed by atoms with E-state index in [0.717, 1.165) is 27.5 Å². The van der Waals surface area contributed by atoms with Gasteiger partial charge in [0, 0.05) is 18.0 Å². The van der Waals surface area contributed by atoms with Crippen LogP contribution in [-0.2, 0) is 6.54 Å². The van der Waals surface area contributed by atoms with Gasteiger partial charge in [-0.1, -0.05) is 6.07 Å². The number of hydrogen-bond donors (Lipinski definition) is 2. The first-order valence-corrected chi connectivity index (χ1v) is 7.88. The summed E-state index contributed by atoms with van der Waals surface area (Å²) in [6, 6.07) is 7.27. The summed E-state index contributed by atoms with van der Waals surface area (Å²) >= 11 is 0. The molecule has 0 aliphatic heterocycles. The van der Waals surface area contributed by atoms with E-state index in [0.29, 0.717) is 17.0 Å². The topological polar surface area (TPSA) is 111 Å². The molecule has 8 nitrogen and oxygen atoms in total. The van der Waals surface area contributed by atoms with Crippen LogP contribution in [0.1, 0.15) is 23.0 Å². The fourth-order valence-electron chi connectivity index (χ4n) is 3.11. The highest BCUT2D eigenvalue weighted by atomic mass is 16.1. The fourth-order valence-corrected chi connectivity index (χ4v) is 3.11. The van der Waals surface area contributed by atoms with E-state index in [4.69, 9.17) is 5.73 Å². The van der Waals surface area contributed by atoms with Crippen LogP contribution in [0.3, 0.4) is 0 Å². The van der Waals surface area contributed by atoms with Crippen LogP contribution in [0.25, 0.3) is 27.8 Å². The summed E-state index contributed by atoms with van der Waals surface area (Å²) in [5.74, 6) is -0.625. The van der Waals surface area contributed by atoms with Crippen LogP contribution >= 0.6 is 0 Å². The van der Waals surface area contributed by atoms with Crippen LogP contribution in [0, 0.1) is 6.92 Å². The second-order valence-electron chi connectivity index (χ2n) is 5.84. The second-order valence-corrected chi connectivity index (χ2v) is 5.84. The number of nitrogens with two attached hydrogens (primary N) is 1. The molecule has 4 rings (SSSR count). The van der Waals surface area contributed by atoms with Crippen molar-refractivity contribution in [1.29, 1.82) is 0 Å². The molecule has 8 heteroatoms. The molecule has 0 fully saturated rings. The van der Waals surface area contributed by atoms with Gasteiger partial charge in [-0.05, 0) is 31.5 Å². The Hall–Kier alpha value is -3.42. The summed E-state index contributed by atoms with van der Waals surface area (Å²) in [7, 11) is 0. The average molecular weight is 336 g/mol. The van der Waals surface area contributed by atoms with E-state index in [2.05, 4.69) is 15.2 Å². The first-order valence-electron chi connectivity index (χ1n) is 7.88. The van der Waals surface area contributed by atoms with E-state index in [9.17, 15) is 9.59 Å². The van der Waals surface area contributed by atoms with Crippen molar-refractivity contribution in [2.24, 2.45) is 5.73 Å². The number of amides is 1. The molecule has 3 heterocycles. The number of benzene rings is 1. The Balaban J connectivity index is 1.96. The summed E-state index contributed by atoms with van der Waals surface area (Å²) in [4.78, 5) is 27.2. The lowest BCUT2D eigenvalue weighted by molar-refractivity contribution is 0.100. The number of H-pyrrole nitrogens is 1. The van der Waals surface area contributed by atoms with Crippen LogP contribution in [0.4, 0.5) is 0 Å². The number of hydrogen-bond acceptors (Lipinski definition) is 4. The van der Waals surface area contributed by atoms with Crippen molar-refractivity contribution >= 4 is 22.5 Å². The molecule has 0 aliphatic carbocycles. The number of rotatable bonds is 3. The van der Waals surface area contributed by atoms with Crippen molar-refractivity contribution in [1.82, 2.24) is 24.4 Å². The zero-order chi connectivity index (χ0) is 17.7. The Morgan fingerprint density at radius 2 is 2.12 bits per heavy atom. The largest absolute Gasteiger partial charge is 0.365 e. The zero-order valence-electron chi connectivity index (χ0n) is 13.8. The molecule has 0 spiro atoms. The molecule has 0 aliphatic rings. The van der Waals surface area contributed by atoms with E-state index >= 15 is 0 Å². The average Bonchev–Trinajstić information content (AvgIpc) is 3.14. The third kappa shape index (κ3) is 2.22. The minimum atomic E-state index is -0.625. The number of nitrogens with one attached hydrogen (secondary N) is 1. The highest BCUT2D eigenvalue weighted by molar-refractivity contribution is 6.00. The normalized spacial score (nSPS) is 11.4. The van der Waals surface area contributed by atoms with Crippen molar-refractivity contribution in [3.63, 3.8) is 0 Å². The van der Waals surface area contributed by atoms with Crippen molar-refractivity contribution in [3.8, 4) is 11.3 Å². The molecule has 0 saturated carbocycles. The maximum Gasteiger partial charge on any atom is 0.274 e. The van der Waals surface area contributed by atoms with Gasteiger partial charge in [-0.25, -0.2) is 0 Å². The van der Waals surface area contributed by atoms with Crippen molar-refractivity contribution in [3.05, 3.63) is 52.1 Å². The monoisotopic (exact) mass is 336 g/mol. The summed E-state index contributed by atoms with van der Waals surface area (Å²) in [6.07, 6.45) is 1.79. The molecule has 4 aromatic rings. The minimum absolute atomic E-state index is 0.221. The molecule has 0 saturated heterocycles. The molecular formula is C17H16N6O2. The van der Waals surface area contributed by atoms with E-state index in [-0.39, 0.29) is 11.1 Å². The van der Waals surface area contributed by atoms with Gasteiger partial charge in [0.1, 0.15) is 5.56 Å². The molecule has 3 aromatic heterocycles. The summed E-state index contributed by atoms with van der Waals surface area (Å²) in [5, 5.41) is 9.39. The lowest BCUT2D eigenvalue weighted by Crippen LogP contribution is -2.16. The molecule has 1 amide bonds. The van der Waals surface area contributed by atoms with Crippen molar-refractivity contribution in [2.75, 3.05) is 0 Å². The molecule has 126 valence electrons. The van der Waals surface area contributed by atoms with Crippen LogP contribution in [0.5, 0.6) is 0 Å². The van der Waals surface area contributed by atoms with Gasteiger partial charge >= 0.3 is 0 Å². The van der Waals surface area contributed by atoms with Crippen LogP contribution in [0.2, 0.25) is 0 Å². The van der Waals surface area contributed by atoms with Gasteiger partial charge in [0.2, 0.25) is 0 Å². The van der Waals surface area contributed by atoms with Gasteiger partial charge in [-0.3, -0.25) is 14.3 Å². The molecule has 0 bridgehead atoms. The Bertz CT molecular complexity index is 1200. The summed E-state index contributed by atoms with van der Waals surface area (Å²) < 4.78 is 3.06. The smallest absolute Gasteiger partial charge is 0.274 e. The summed E-state index contributed by atoms with van der Waals surface area (Å²) in [5.41, 5.74) is 8.47. The number of aryl methyl sites for hydroxylation is 2. The Morgan fingerprint density at radius 3 is 2.84 bits per heavy atom. The maximum absolute atomic E-state index is 12.4. The highest BCUT2D eigenvalue weighted by Crippen LogP contribution is 2.23. The van der Waals surface area contributed by atoms with Crippen molar-refractivity contribution in [2.45, 2.75) is 20.4 Å². The standard InChI is InChI=1S/C17H16N6O2/c1-3-22-13-5-4-10(6-11(13)8-19-22)12-7-14(24)23-17(20-12)15(16(18)25)9(2)21-23/h4-8,20H,3H2,1-2H3,(H2,18,25). The van der Waals surface area contributed by atoms with Crippen LogP contribution in [-0.4, -0.2) is 30.3 Å². The van der Waals surface area contributed by atoms with Gasteiger partial charge in [-0.15, -0.1) is 0 Å². The molecular weight excluding hydrogens is 320 g/mol. The number of carbonyl (C=O) groups is 1. The number of carbonyl (C=O) groups excluding carboxylic acids is 1. The highest BCUT2D eigenvalue weighted by Gasteiger charge is 2.17. The van der Waals surface area contributed by atoms with E-state index in [1.807, 2.05) is 29.8 Å². The quantitative estimate of drug-likeness (QED) is 0.590. The molecule has 3 N–H and O–H groups in total. The molecule has 0 radical (unpaired) electrons. The first-order chi connectivity index (χ1) is 12.0. The van der Waals surface area contributed by atoms with Crippen molar-refractivity contribution < 1.29 is 4.79 Å². The van der Waals surface area contributed by atoms with Crippen LogP contribution in [0.15, 0.2) is 35.3 Å². The third-order valence-electron chi connectivity index (χ3n) is 4.29. The third-order valence-corrected chi connectivity index (χ3v) is 4.29. The molecule has 0 unspecified atom stereocenters. The fraction of sp³-hybridized carbons (Fsp3) is 0.176. The van der Waals surface area contributed by atoms with E-state index in [1.165, 1.54) is 6.07 Å². The molecule has 25 heavy (non-hydrogen) atoms. The Morgan fingerprint density at radius 1 is 1.32 bits per heavy atom. The van der Waals surface area contributed by atoms with Crippen LogP contribution < -0.4 is 11.3 Å². The zero-order valence-corrected chi connectivity index (χ0v) is 13.8. The maximum atomic E-state index is 12.4. The molecule has 0 atom stereocenters. The summed E-state index contributed by atoms with van der Waals surface area (Å²) in [6.45, 7) is 4.45. The lowest BCUT2D eigenvalue weighted by atomic mass is 10.1.